The van der Waals surface area contributed by atoms with Gasteiger partial charge in [-0.05, 0) is 31.2 Å². The smallest absolute Gasteiger partial charge is 0.223 e. The van der Waals surface area contributed by atoms with Gasteiger partial charge in [-0.2, -0.15) is 0 Å². The van der Waals surface area contributed by atoms with E-state index in [1.54, 1.807) is 20.1 Å². The van der Waals surface area contributed by atoms with E-state index in [0.717, 1.165) is 16.5 Å². The van der Waals surface area contributed by atoms with Crippen LogP contribution in [0.1, 0.15) is 5.69 Å². The molecule has 0 bridgehead atoms. The first-order valence-electron chi connectivity index (χ1n) is 6.26. The van der Waals surface area contributed by atoms with Crippen LogP contribution >= 0.6 is 0 Å². The van der Waals surface area contributed by atoms with Crippen molar-refractivity contribution in [3.8, 4) is 17.1 Å². The standard InChI is InChI=1S/C16H13FN2O/c1-10-13(17)7-8-15(18-10)12-9-11-5-3-4-6-14(11)19-16(12)20-2/h3-9H,1-2H3. The minimum Gasteiger partial charge on any atom is -0.480 e. The number of nitrogens with zero attached hydrogens (tertiary/aromatic N) is 2. The predicted octanol–water partition coefficient (Wildman–Crippen LogP) is 3.75. The Kier molecular flexibility index (Phi) is 3.06. The summed E-state index contributed by atoms with van der Waals surface area (Å²) in [4.78, 5) is 8.73. The van der Waals surface area contributed by atoms with Crippen molar-refractivity contribution in [2.75, 3.05) is 7.11 Å². The number of ether oxygens (including phenoxy) is 1. The maximum Gasteiger partial charge on any atom is 0.223 e. The Morgan fingerprint density at radius 1 is 1.05 bits per heavy atom. The number of rotatable bonds is 2. The fraction of sp³-hybridized carbons (Fsp3) is 0.125. The van der Waals surface area contributed by atoms with Crippen LogP contribution in [-0.2, 0) is 0 Å². The van der Waals surface area contributed by atoms with Gasteiger partial charge in [0.25, 0.3) is 0 Å². The van der Waals surface area contributed by atoms with Crippen molar-refractivity contribution in [2.24, 2.45) is 0 Å². The van der Waals surface area contributed by atoms with Crippen LogP contribution in [0.2, 0.25) is 0 Å². The van der Waals surface area contributed by atoms with Crippen LogP contribution in [-0.4, -0.2) is 17.1 Å². The molecule has 100 valence electrons. The van der Waals surface area contributed by atoms with Gasteiger partial charge in [-0.25, -0.2) is 14.4 Å². The molecule has 0 aliphatic rings. The van der Waals surface area contributed by atoms with Gasteiger partial charge >= 0.3 is 0 Å². The lowest BCUT2D eigenvalue weighted by atomic mass is 10.1. The Morgan fingerprint density at radius 3 is 2.60 bits per heavy atom. The predicted molar refractivity (Wildman–Crippen MR) is 76.2 cm³/mol. The van der Waals surface area contributed by atoms with E-state index in [9.17, 15) is 4.39 Å². The molecule has 2 aromatic heterocycles. The summed E-state index contributed by atoms with van der Waals surface area (Å²) in [5, 5.41) is 0.993. The number of benzene rings is 1. The van der Waals surface area contributed by atoms with Crippen LogP contribution in [0.25, 0.3) is 22.2 Å². The first-order chi connectivity index (χ1) is 9.69. The average molecular weight is 268 g/mol. The molecule has 20 heavy (non-hydrogen) atoms. The fourth-order valence-corrected chi connectivity index (χ4v) is 2.13. The third kappa shape index (κ3) is 2.09. The third-order valence-electron chi connectivity index (χ3n) is 3.18. The molecule has 0 aliphatic heterocycles. The SMILES string of the molecule is COc1nc2ccccc2cc1-c1ccc(F)c(C)n1. The zero-order valence-electron chi connectivity index (χ0n) is 11.2. The molecule has 2 heterocycles. The van der Waals surface area contributed by atoms with Gasteiger partial charge in [0.2, 0.25) is 5.88 Å². The number of aryl methyl sites for hydroxylation is 1. The average Bonchev–Trinajstić information content (AvgIpc) is 2.48. The second-order valence-electron chi connectivity index (χ2n) is 4.50. The van der Waals surface area contributed by atoms with Crippen LogP contribution in [0.5, 0.6) is 5.88 Å². The van der Waals surface area contributed by atoms with Crippen LogP contribution < -0.4 is 4.74 Å². The molecule has 0 amide bonds. The molecule has 4 heteroatoms. The summed E-state index contributed by atoms with van der Waals surface area (Å²) in [7, 11) is 1.57. The Hall–Kier alpha value is -2.49. The number of halogens is 1. The fourth-order valence-electron chi connectivity index (χ4n) is 2.13. The highest BCUT2D eigenvalue weighted by Crippen LogP contribution is 2.30. The van der Waals surface area contributed by atoms with E-state index < -0.39 is 0 Å². The number of methoxy groups -OCH3 is 1. The third-order valence-corrected chi connectivity index (χ3v) is 3.18. The second kappa shape index (κ2) is 4.89. The number of fused-ring (bicyclic) bond motifs is 1. The molecule has 3 rings (SSSR count). The topological polar surface area (TPSA) is 35.0 Å². The highest BCUT2D eigenvalue weighted by molar-refractivity contribution is 5.85. The molecule has 3 nitrogen and oxygen atoms in total. The molecule has 0 spiro atoms. The molecule has 0 fully saturated rings. The van der Waals surface area contributed by atoms with Crippen LogP contribution in [0.3, 0.4) is 0 Å². The lowest BCUT2D eigenvalue weighted by Gasteiger charge is -2.09. The summed E-state index contributed by atoms with van der Waals surface area (Å²) in [5.74, 6) is 0.170. The maximum absolute atomic E-state index is 13.3. The lowest BCUT2D eigenvalue weighted by Crippen LogP contribution is -1.96. The zero-order chi connectivity index (χ0) is 14.1. The van der Waals surface area contributed by atoms with Gasteiger partial charge in [-0.1, -0.05) is 18.2 Å². The van der Waals surface area contributed by atoms with Gasteiger partial charge in [0, 0.05) is 5.39 Å². The highest BCUT2D eigenvalue weighted by atomic mass is 19.1. The lowest BCUT2D eigenvalue weighted by molar-refractivity contribution is 0.401. The first kappa shape index (κ1) is 12.5. The molecule has 0 atom stereocenters. The molecule has 0 unspecified atom stereocenters. The van der Waals surface area contributed by atoms with Gasteiger partial charge < -0.3 is 4.74 Å². The minimum atomic E-state index is -0.318. The van der Waals surface area contributed by atoms with Crippen molar-refractivity contribution >= 4 is 10.9 Å². The molecule has 0 aliphatic carbocycles. The van der Waals surface area contributed by atoms with E-state index in [4.69, 9.17) is 4.74 Å². The van der Waals surface area contributed by atoms with Gasteiger partial charge in [0.15, 0.2) is 0 Å². The first-order valence-corrected chi connectivity index (χ1v) is 6.26. The summed E-state index contributed by atoms with van der Waals surface area (Å²) in [6.07, 6.45) is 0. The van der Waals surface area contributed by atoms with Crippen molar-refractivity contribution in [1.82, 2.24) is 9.97 Å². The molecule has 3 aromatic rings. The summed E-state index contributed by atoms with van der Waals surface area (Å²) in [6, 6.07) is 12.8. The molecular weight excluding hydrogens is 255 g/mol. The van der Waals surface area contributed by atoms with Gasteiger partial charge in [-0.15, -0.1) is 0 Å². The Morgan fingerprint density at radius 2 is 1.85 bits per heavy atom. The number of hydrogen-bond donors (Lipinski definition) is 0. The highest BCUT2D eigenvalue weighted by Gasteiger charge is 2.12. The van der Waals surface area contributed by atoms with Crippen molar-refractivity contribution in [2.45, 2.75) is 6.92 Å². The van der Waals surface area contributed by atoms with Gasteiger partial charge in [-0.3, -0.25) is 0 Å². The van der Waals surface area contributed by atoms with Gasteiger partial charge in [0.05, 0.1) is 29.6 Å². The zero-order valence-corrected chi connectivity index (χ0v) is 11.2. The van der Waals surface area contributed by atoms with E-state index in [0.29, 0.717) is 17.3 Å². The largest absolute Gasteiger partial charge is 0.480 e. The molecular formula is C16H13FN2O. The van der Waals surface area contributed by atoms with E-state index in [-0.39, 0.29) is 5.82 Å². The molecule has 0 N–H and O–H groups in total. The Balaban J connectivity index is 2.25. The summed E-state index contributed by atoms with van der Waals surface area (Å²) in [5.41, 5.74) is 2.62. The van der Waals surface area contributed by atoms with Crippen molar-refractivity contribution < 1.29 is 9.13 Å². The van der Waals surface area contributed by atoms with Crippen molar-refractivity contribution in [1.29, 1.82) is 0 Å². The van der Waals surface area contributed by atoms with Crippen LogP contribution in [0.4, 0.5) is 4.39 Å². The molecule has 0 radical (unpaired) electrons. The maximum atomic E-state index is 13.3. The number of para-hydroxylation sites is 1. The Labute approximate surface area is 116 Å². The van der Waals surface area contributed by atoms with E-state index in [1.807, 2.05) is 30.3 Å². The van der Waals surface area contributed by atoms with E-state index >= 15 is 0 Å². The number of pyridine rings is 2. The molecule has 0 saturated heterocycles. The number of aromatic nitrogens is 2. The summed E-state index contributed by atoms with van der Waals surface area (Å²) < 4.78 is 18.7. The monoisotopic (exact) mass is 268 g/mol. The van der Waals surface area contributed by atoms with Crippen LogP contribution in [0, 0.1) is 12.7 Å². The van der Waals surface area contributed by atoms with Crippen molar-refractivity contribution in [3.05, 3.63) is 54.0 Å². The minimum absolute atomic E-state index is 0.318. The molecule has 1 aromatic carbocycles. The summed E-state index contributed by atoms with van der Waals surface area (Å²) >= 11 is 0. The second-order valence-corrected chi connectivity index (χ2v) is 4.50. The summed E-state index contributed by atoms with van der Waals surface area (Å²) in [6.45, 7) is 1.64. The van der Waals surface area contributed by atoms with Crippen molar-refractivity contribution in [3.63, 3.8) is 0 Å². The van der Waals surface area contributed by atoms with E-state index in [1.165, 1.54) is 6.07 Å². The number of hydrogen-bond acceptors (Lipinski definition) is 3. The molecule has 0 saturated carbocycles. The quantitative estimate of drug-likeness (QED) is 0.710. The van der Waals surface area contributed by atoms with Gasteiger partial charge in [0.1, 0.15) is 5.82 Å². The van der Waals surface area contributed by atoms with Crippen LogP contribution in [0.15, 0.2) is 42.5 Å². The van der Waals surface area contributed by atoms with E-state index in [2.05, 4.69) is 9.97 Å². The Bertz CT molecular complexity index is 787. The normalized spacial score (nSPS) is 10.8.